The van der Waals surface area contributed by atoms with Crippen molar-refractivity contribution in [3.8, 4) is 12.3 Å². The van der Waals surface area contributed by atoms with Gasteiger partial charge in [-0.1, -0.05) is 5.92 Å². The number of hydrogen-bond donors (Lipinski definition) is 1. The molecule has 1 aliphatic heterocycles. The van der Waals surface area contributed by atoms with E-state index in [9.17, 15) is 9.59 Å². The summed E-state index contributed by atoms with van der Waals surface area (Å²) in [5.74, 6) is 2.33. The van der Waals surface area contributed by atoms with Crippen LogP contribution in [0.2, 0.25) is 0 Å². The van der Waals surface area contributed by atoms with Crippen molar-refractivity contribution >= 4 is 12.0 Å². The SMILES string of the molecule is C#CCN(CC1CC1)C(=O)N1CCN(CC(=O)O)CC1. The Morgan fingerprint density at radius 3 is 2.40 bits per heavy atom. The summed E-state index contributed by atoms with van der Waals surface area (Å²) in [6.45, 7) is 3.48. The van der Waals surface area contributed by atoms with E-state index in [-0.39, 0.29) is 12.6 Å². The number of nitrogens with zero attached hydrogens (tertiary/aromatic N) is 3. The van der Waals surface area contributed by atoms with Crippen LogP contribution < -0.4 is 0 Å². The number of aliphatic carboxylic acids is 1. The minimum atomic E-state index is -0.826. The van der Waals surface area contributed by atoms with Crippen LogP contribution in [0.15, 0.2) is 0 Å². The molecule has 0 aromatic rings. The molecule has 0 aromatic carbocycles. The summed E-state index contributed by atoms with van der Waals surface area (Å²) in [5, 5.41) is 8.75. The monoisotopic (exact) mass is 279 g/mol. The van der Waals surface area contributed by atoms with Crippen LogP contribution in [0.3, 0.4) is 0 Å². The maximum atomic E-state index is 12.4. The zero-order valence-electron chi connectivity index (χ0n) is 11.6. The van der Waals surface area contributed by atoms with Gasteiger partial charge in [0.05, 0.1) is 13.1 Å². The lowest BCUT2D eigenvalue weighted by atomic mass is 10.3. The van der Waals surface area contributed by atoms with Crippen molar-refractivity contribution in [3.63, 3.8) is 0 Å². The highest BCUT2D eigenvalue weighted by Crippen LogP contribution is 2.29. The lowest BCUT2D eigenvalue weighted by Crippen LogP contribution is -2.53. The number of hydrogen-bond acceptors (Lipinski definition) is 3. The number of piperazine rings is 1. The minimum absolute atomic E-state index is 0.00942. The molecule has 2 fully saturated rings. The van der Waals surface area contributed by atoms with E-state index >= 15 is 0 Å². The Labute approximate surface area is 119 Å². The van der Waals surface area contributed by atoms with Gasteiger partial charge < -0.3 is 14.9 Å². The number of carboxylic acids is 1. The molecule has 0 radical (unpaired) electrons. The quantitative estimate of drug-likeness (QED) is 0.728. The maximum Gasteiger partial charge on any atom is 0.320 e. The van der Waals surface area contributed by atoms with E-state index < -0.39 is 5.97 Å². The molecule has 1 saturated heterocycles. The first-order valence-electron chi connectivity index (χ1n) is 7.01. The molecule has 0 atom stereocenters. The highest BCUT2D eigenvalue weighted by Gasteiger charge is 2.30. The van der Waals surface area contributed by atoms with Crippen molar-refractivity contribution in [2.24, 2.45) is 5.92 Å². The van der Waals surface area contributed by atoms with Crippen LogP contribution in [0.1, 0.15) is 12.8 Å². The van der Waals surface area contributed by atoms with Crippen molar-refractivity contribution < 1.29 is 14.7 Å². The molecule has 2 rings (SSSR count). The van der Waals surface area contributed by atoms with E-state index in [1.807, 2.05) is 4.90 Å². The fourth-order valence-corrected chi connectivity index (χ4v) is 2.42. The average molecular weight is 279 g/mol. The molecule has 1 N–H and O–H groups in total. The van der Waals surface area contributed by atoms with Crippen molar-refractivity contribution in [1.29, 1.82) is 0 Å². The van der Waals surface area contributed by atoms with Crippen LogP contribution in [-0.4, -0.2) is 77.6 Å². The topological polar surface area (TPSA) is 64.1 Å². The van der Waals surface area contributed by atoms with Gasteiger partial charge in [-0.25, -0.2) is 4.79 Å². The predicted octanol–water partition coefficient (Wildman–Crippen LogP) is 0.154. The van der Waals surface area contributed by atoms with Gasteiger partial charge in [-0.3, -0.25) is 9.69 Å². The normalized spacial score (nSPS) is 19.4. The molecule has 1 aliphatic carbocycles. The van der Waals surface area contributed by atoms with E-state index in [4.69, 9.17) is 11.5 Å². The van der Waals surface area contributed by atoms with Gasteiger partial charge >= 0.3 is 12.0 Å². The van der Waals surface area contributed by atoms with Gasteiger partial charge in [0, 0.05) is 32.7 Å². The van der Waals surface area contributed by atoms with Crippen molar-refractivity contribution in [1.82, 2.24) is 14.7 Å². The molecule has 1 heterocycles. The largest absolute Gasteiger partial charge is 0.480 e. The number of amides is 2. The summed E-state index contributed by atoms with van der Waals surface area (Å²) >= 11 is 0. The summed E-state index contributed by atoms with van der Waals surface area (Å²) in [6.07, 6.45) is 7.70. The van der Waals surface area contributed by atoms with E-state index in [1.54, 1.807) is 9.80 Å². The van der Waals surface area contributed by atoms with Gasteiger partial charge in [0.1, 0.15) is 0 Å². The Morgan fingerprint density at radius 2 is 1.90 bits per heavy atom. The molecule has 2 amide bonds. The summed E-state index contributed by atoms with van der Waals surface area (Å²) in [7, 11) is 0. The summed E-state index contributed by atoms with van der Waals surface area (Å²) in [6, 6.07) is -0.00942. The molecule has 0 bridgehead atoms. The number of terminal acetylenes is 1. The summed E-state index contributed by atoms with van der Waals surface area (Å²) in [5.41, 5.74) is 0. The van der Waals surface area contributed by atoms with Gasteiger partial charge in [0.2, 0.25) is 0 Å². The standard InChI is InChI=1S/C14H21N3O3/c1-2-5-17(10-12-3-4-12)14(20)16-8-6-15(7-9-16)11-13(18)19/h1,12H,3-11H2,(H,18,19). The van der Waals surface area contributed by atoms with Crippen molar-refractivity contribution in [3.05, 3.63) is 0 Å². The van der Waals surface area contributed by atoms with Gasteiger partial charge in [-0.2, -0.15) is 0 Å². The Morgan fingerprint density at radius 1 is 1.25 bits per heavy atom. The summed E-state index contributed by atoms with van der Waals surface area (Å²) in [4.78, 5) is 28.4. The molecule has 1 saturated carbocycles. The lowest BCUT2D eigenvalue weighted by Gasteiger charge is -2.36. The molecular formula is C14H21N3O3. The summed E-state index contributed by atoms with van der Waals surface area (Å²) < 4.78 is 0. The zero-order chi connectivity index (χ0) is 14.5. The van der Waals surface area contributed by atoms with E-state index in [0.717, 1.165) is 6.54 Å². The minimum Gasteiger partial charge on any atom is -0.480 e. The first-order valence-corrected chi connectivity index (χ1v) is 7.01. The number of carboxylic acid groups (broad SMARTS) is 1. The predicted molar refractivity (Wildman–Crippen MR) is 74.2 cm³/mol. The third-order valence-electron chi connectivity index (χ3n) is 3.73. The van der Waals surface area contributed by atoms with Gasteiger partial charge in [-0.15, -0.1) is 6.42 Å². The van der Waals surface area contributed by atoms with E-state index in [2.05, 4.69) is 5.92 Å². The first-order chi connectivity index (χ1) is 9.60. The Kier molecular flexibility index (Phi) is 4.85. The Balaban J connectivity index is 1.82. The molecular weight excluding hydrogens is 258 g/mol. The molecule has 0 aromatic heterocycles. The second-order valence-electron chi connectivity index (χ2n) is 5.47. The highest BCUT2D eigenvalue weighted by atomic mass is 16.4. The van der Waals surface area contributed by atoms with Crippen LogP contribution >= 0.6 is 0 Å². The van der Waals surface area contributed by atoms with Crippen LogP contribution in [0.4, 0.5) is 4.79 Å². The second-order valence-corrected chi connectivity index (χ2v) is 5.47. The number of rotatable bonds is 5. The first kappa shape index (κ1) is 14.7. The molecule has 110 valence electrons. The molecule has 0 unspecified atom stereocenters. The van der Waals surface area contributed by atoms with Crippen LogP contribution in [0, 0.1) is 18.3 Å². The van der Waals surface area contributed by atoms with Gasteiger partial charge in [0.15, 0.2) is 0 Å². The average Bonchev–Trinajstić information content (AvgIpc) is 3.22. The molecule has 2 aliphatic rings. The number of carbonyl (C=O) groups is 2. The van der Waals surface area contributed by atoms with E-state index in [1.165, 1.54) is 12.8 Å². The van der Waals surface area contributed by atoms with Crippen LogP contribution in [-0.2, 0) is 4.79 Å². The molecule has 20 heavy (non-hydrogen) atoms. The third kappa shape index (κ3) is 4.14. The van der Waals surface area contributed by atoms with Gasteiger partial charge in [-0.05, 0) is 18.8 Å². The van der Waals surface area contributed by atoms with Crippen molar-refractivity contribution in [2.45, 2.75) is 12.8 Å². The zero-order valence-corrected chi connectivity index (χ0v) is 11.6. The molecule has 6 heteroatoms. The van der Waals surface area contributed by atoms with Gasteiger partial charge in [0.25, 0.3) is 0 Å². The second kappa shape index (κ2) is 6.62. The number of urea groups is 1. The van der Waals surface area contributed by atoms with Crippen LogP contribution in [0.5, 0.6) is 0 Å². The highest BCUT2D eigenvalue weighted by molar-refractivity contribution is 5.75. The third-order valence-corrected chi connectivity index (χ3v) is 3.73. The lowest BCUT2D eigenvalue weighted by molar-refractivity contribution is -0.138. The fourth-order valence-electron chi connectivity index (χ4n) is 2.42. The Hall–Kier alpha value is -1.74. The van der Waals surface area contributed by atoms with Crippen LogP contribution in [0.25, 0.3) is 0 Å². The smallest absolute Gasteiger partial charge is 0.320 e. The number of carbonyl (C=O) groups excluding carboxylic acids is 1. The molecule has 0 spiro atoms. The van der Waals surface area contributed by atoms with E-state index in [0.29, 0.717) is 38.6 Å². The Bertz CT molecular complexity index is 406. The fraction of sp³-hybridized carbons (Fsp3) is 0.714. The molecule has 6 nitrogen and oxygen atoms in total. The maximum absolute atomic E-state index is 12.4. The van der Waals surface area contributed by atoms with Crippen molar-refractivity contribution in [2.75, 3.05) is 45.8 Å².